The van der Waals surface area contributed by atoms with E-state index in [1.807, 2.05) is 30.3 Å². The Bertz CT molecular complexity index is 1340. The van der Waals surface area contributed by atoms with E-state index in [9.17, 15) is 19.8 Å². The van der Waals surface area contributed by atoms with E-state index in [1.54, 1.807) is 42.5 Å². The van der Waals surface area contributed by atoms with Crippen molar-refractivity contribution < 1.29 is 29.3 Å². The van der Waals surface area contributed by atoms with Gasteiger partial charge in [-0.15, -0.1) is 0 Å². The lowest BCUT2D eigenvalue weighted by Crippen LogP contribution is -2.44. The second-order valence-corrected chi connectivity index (χ2v) is 10.7. The van der Waals surface area contributed by atoms with Crippen molar-refractivity contribution in [1.29, 1.82) is 0 Å². The van der Waals surface area contributed by atoms with E-state index in [1.165, 1.54) is 6.92 Å². The third kappa shape index (κ3) is 6.49. The number of likely N-dealkylation sites (tertiary alicyclic amines) is 1. The molecule has 2 saturated heterocycles. The van der Waals surface area contributed by atoms with Crippen LogP contribution in [0.4, 0.5) is 5.69 Å². The number of β-amino-alcohol motifs (C(OH)–C–C–N with tert-alkyl or cyclic N) is 1. The van der Waals surface area contributed by atoms with Crippen LogP contribution < -0.4 is 5.32 Å². The highest BCUT2D eigenvalue weighted by molar-refractivity contribution is 6.05. The molecule has 0 bridgehead atoms. The molecule has 2 heterocycles. The predicted molar refractivity (Wildman–Crippen MR) is 151 cm³/mol. The molecule has 0 aliphatic carbocycles. The van der Waals surface area contributed by atoms with Gasteiger partial charge >= 0.3 is 0 Å². The molecule has 2 aliphatic heterocycles. The van der Waals surface area contributed by atoms with Crippen LogP contribution in [0.5, 0.6) is 0 Å². The molecule has 5 atom stereocenters. The van der Waals surface area contributed by atoms with Crippen molar-refractivity contribution in [2.24, 2.45) is 5.92 Å². The summed E-state index contributed by atoms with van der Waals surface area (Å²) in [6, 6.07) is 21.8. The summed E-state index contributed by atoms with van der Waals surface area (Å²) in [5.41, 5.74) is 4.06. The quantitative estimate of drug-likeness (QED) is 0.359. The maximum Gasteiger partial charge on any atom is 0.255 e. The van der Waals surface area contributed by atoms with E-state index in [-0.39, 0.29) is 42.5 Å². The van der Waals surface area contributed by atoms with Crippen LogP contribution in [0.3, 0.4) is 0 Å². The summed E-state index contributed by atoms with van der Waals surface area (Å²) in [6.45, 7) is 5.67. The first-order valence-electron chi connectivity index (χ1n) is 13.7. The van der Waals surface area contributed by atoms with Crippen molar-refractivity contribution in [3.63, 3.8) is 0 Å². The second-order valence-electron chi connectivity index (χ2n) is 10.7. The fourth-order valence-electron chi connectivity index (χ4n) is 5.41. The van der Waals surface area contributed by atoms with Crippen LogP contribution in [0.2, 0.25) is 0 Å². The van der Waals surface area contributed by atoms with Crippen LogP contribution in [0, 0.1) is 5.92 Å². The highest BCUT2D eigenvalue weighted by Gasteiger charge is 2.40. The summed E-state index contributed by atoms with van der Waals surface area (Å²) in [4.78, 5) is 27.1. The zero-order valence-corrected chi connectivity index (χ0v) is 22.8. The third-order valence-electron chi connectivity index (χ3n) is 7.76. The number of hydrogen-bond donors (Lipinski definition) is 3. The first-order valence-corrected chi connectivity index (χ1v) is 13.7. The number of carbonyl (C=O) groups is 2. The number of ether oxygens (including phenoxy) is 2. The van der Waals surface area contributed by atoms with Crippen LogP contribution in [0.1, 0.15) is 70.1 Å². The molecule has 1 unspecified atom stereocenters. The number of aliphatic hydroxyl groups excluding tert-OH is 2. The summed E-state index contributed by atoms with van der Waals surface area (Å²) in [5.74, 6) is -0.350. The number of hydrogen-bond acceptors (Lipinski definition) is 7. The molecule has 3 aromatic rings. The molecule has 0 radical (unpaired) electrons. The largest absolute Gasteiger partial charge is 0.392 e. The van der Waals surface area contributed by atoms with Gasteiger partial charge < -0.3 is 25.0 Å². The molecule has 2 fully saturated rings. The summed E-state index contributed by atoms with van der Waals surface area (Å²) in [7, 11) is 0. The molecule has 5 rings (SSSR count). The highest BCUT2D eigenvalue weighted by atomic mass is 16.7. The number of rotatable bonds is 8. The van der Waals surface area contributed by atoms with Crippen molar-refractivity contribution in [3.05, 3.63) is 101 Å². The van der Waals surface area contributed by atoms with Crippen LogP contribution in [-0.2, 0) is 16.1 Å². The molecule has 40 heavy (non-hydrogen) atoms. The van der Waals surface area contributed by atoms with Gasteiger partial charge in [0.15, 0.2) is 12.1 Å². The molecule has 0 saturated carbocycles. The first-order chi connectivity index (χ1) is 19.3. The van der Waals surface area contributed by atoms with Crippen molar-refractivity contribution in [2.45, 2.75) is 51.5 Å². The van der Waals surface area contributed by atoms with Crippen LogP contribution in [-0.4, -0.2) is 58.6 Å². The van der Waals surface area contributed by atoms with Gasteiger partial charge in [-0.1, -0.05) is 55.5 Å². The van der Waals surface area contributed by atoms with Gasteiger partial charge in [0.1, 0.15) is 0 Å². The number of nitrogens with zero attached hydrogens (tertiary/aromatic N) is 1. The fraction of sp³-hybridized carbons (Fsp3) is 0.375. The Kier molecular flexibility index (Phi) is 8.73. The Hall–Kier alpha value is -3.40. The minimum Gasteiger partial charge on any atom is -0.392 e. The van der Waals surface area contributed by atoms with Gasteiger partial charge in [0.05, 0.1) is 24.9 Å². The minimum atomic E-state index is -0.704. The van der Waals surface area contributed by atoms with E-state index < -0.39 is 6.29 Å². The van der Waals surface area contributed by atoms with Crippen LogP contribution >= 0.6 is 0 Å². The lowest BCUT2D eigenvalue weighted by Gasteiger charge is -2.42. The standard InChI is InChI=1S/C32H36N2O6/c1-20-29(18-34-14-13-28(37)17-34)39-32(40-30(20)23-11-9-22(19-35)10-12-23)26-7-3-6-25(15-26)31(38)33-27-8-4-5-24(16-27)21(2)36/h3-12,15-16,20,28-30,32,35,37H,13-14,17-19H2,1-2H3,(H,33,38)/t20-,28+,29+,30+,32?/m0/s1. The lowest BCUT2D eigenvalue weighted by atomic mass is 9.90. The monoisotopic (exact) mass is 544 g/mol. The molecule has 1 amide bonds. The third-order valence-corrected chi connectivity index (χ3v) is 7.76. The Labute approximate surface area is 234 Å². The van der Waals surface area contributed by atoms with Gasteiger partial charge in [0.2, 0.25) is 0 Å². The number of Topliss-reactive ketones (excluding diaryl/α,β-unsaturated/α-hetero) is 1. The molecule has 3 N–H and O–H groups in total. The molecule has 8 heteroatoms. The van der Waals surface area contributed by atoms with Gasteiger partial charge in [0, 0.05) is 47.9 Å². The zero-order chi connectivity index (χ0) is 28.2. The van der Waals surface area contributed by atoms with E-state index in [2.05, 4.69) is 17.1 Å². The molecule has 210 valence electrons. The molecular formula is C32H36N2O6. The number of aliphatic hydroxyl groups is 2. The Morgan fingerprint density at radius 2 is 1.73 bits per heavy atom. The van der Waals surface area contributed by atoms with Gasteiger partial charge in [-0.25, -0.2) is 0 Å². The number of nitrogens with one attached hydrogen (secondary N) is 1. The number of amides is 1. The molecule has 8 nitrogen and oxygen atoms in total. The van der Waals surface area contributed by atoms with Crippen molar-refractivity contribution in [2.75, 3.05) is 25.0 Å². The molecule has 3 aromatic carbocycles. The average Bonchev–Trinajstić information content (AvgIpc) is 3.38. The molecular weight excluding hydrogens is 508 g/mol. The minimum absolute atomic E-state index is 0.0222. The van der Waals surface area contributed by atoms with Crippen molar-refractivity contribution in [1.82, 2.24) is 4.90 Å². The van der Waals surface area contributed by atoms with Crippen LogP contribution in [0.15, 0.2) is 72.8 Å². The number of benzene rings is 3. The Morgan fingerprint density at radius 3 is 2.42 bits per heavy atom. The summed E-state index contributed by atoms with van der Waals surface area (Å²) < 4.78 is 13.1. The predicted octanol–water partition coefficient (Wildman–Crippen LogP) is 4.49. The van der Waals surface area contributed by atoms with E-state index in [0.717, 1.165) is 29.7 Å². The van der Waals surface area contributed by atoms with Gasteiger partial charge in [0.25, 0.3) is 5.91 Å². The van der Waals surface area contributed by atoms with Crippen molar-refractivity contribution >= 4 is 17.4 Å². The van der Waals surface area contributed by atoms with E-state index >= 15 is 0 Å². The van der Waals surface area contributed by atoms with Gasteiger partial charge in [-0.3, -0.25) is 14.5 Å². The number of anilines is 1. The summed E-state index contributed by atoms with van der Waals surface area (Å²) in [5, 5.41) is 22.4. The smallest absolute Gasteiger partial charge is 0.255 e. The topological polar surface area (TPSA) is 108 Å². The zero-order valence-electron chi connectivity index (χ0n) is 22.8. The number of ketones is 1. The van der Waals surface area contributed by atoms with E-state index in [0.29, 0.717) is 29.9 Å². The fourth-order valence-corrected chi connectivity index (χ4v) is 5.41. The second kappa shape index (κ2) is 12.4. The SMILES string of the molecule is CC(=O)c1cccc(NC(=O)c2cccc(C3O[C@H](CN4CC[C@@H](O)C4)[C@H](C)[C@H](c4ccc(CO)cc4)O3)c2)c1. The molecule has 0 spiro atoms. The first kappa shape index (κ1) is 28.1. The molecule has 2 aliphatic rings. The maximum atomic E-state index is 13.1. The van der Waals surface area contributed by atoms with Gasteiger partial charge in [-0.05, 0) is 48.7 Å². The summed E-state index contributed by atoms with van der Waals surface area (Å²) >= 11 is 0. The van der Waals surface area contributed by atoms with Gasteiger partial charge in [-0.2, -0.15) is 0 Å². The lowest BCUT2D eigenvalue weighted by molar-refractivity contribution is -0.276. The molecule has 0 aromatic heterocycles. The summed E-state index contributed by atoms with van der Waals surface area (Å²) in [6.07, 6.45) is -0.710. The highest BCUT2D eigenvalue weighted by Crippen LogP contribution is 2.42. The van der Waals surface area contributed by atoms with Crippen LogP contribution in [0.25, 0.3) is 0 Å². The average molecular weight is 545 g/mol. The normalized spacial score (nSPS) is 25.1. The Morgan fingerprint density at radius 1 is 0.975 bits per heavy atom. The maximum absolute atomic E-state index is 13.1. The number of carbonyl (C=O) groups excluding carboxylic acids is 2. The van der Waals surface area contributed by atoms with Crippen molar-refractivity contribution in [3.8, 4) is 0 Å². The van der Waals surface area contributed by atoms with E-state index in [4.69, 9.17) is 9.47 Å². The Balaban J connectivity index is 1.38.